The van der Waals surface area contributed by atoms with Crippen LogP contribution in [0.25, 0.3) is 10.8 Å². The Labute approximate surface area is 206 Å². The normalized spacial score (nSPS) is 11.5. The fourth-order valence-electron chi connectivity index (χ4n) is 4.06. The maximum absolute atomic E-state index is 15.5. The Kier molecular flexibility index (Phi) is 7.22. The lowest BCUT2D eigenvalue weighted by molar-refractivity contribution is -0.136. The van der Waals surface area contributed by atoms with E-state index in [1.807, 2.05) is 12.1 Å². The summed E-state index contributed by atoms with van der Waals surface area (Å²) in [4.78, 5) is 27.6. The van der Waals surface area contributed by atoms with Gasteiger partial charge in [0.15, 0.2) is 5.78 Å². The van der Waals surface area contributed by atoms with E-state index in [1.54, 1.807) is 30.3 Å². The van der Waals surface area contributed by atoms with Crippen molar-refractivity contribution in [1.29, 1.82) is 0 Å². The van der Waals surface area contributed by atoms with E-state index < -0.39 is 17.6 Å². The fourth-order valence-corrected chi connectivity index (χ4v) is 4.18. The van der Waals surface area contributed by atoms with Crippen molar-refractivity contribution in [1.82, 2.24) is 4.98 Å². The van der Waals surface area contributed by atoms with Crippen molar-refractivity contribution < 1.29 is 23.5 Å². The zero-order chi connectivity index (χ0) is 25.0. The lowest BCUT2D eigenvalue weighted by Crippen LogP contribution is -2.18. The minimum atomic E-state index is -3.43. The Bertz CT molecular complexity index is 1370. The summed E-state index contributed by atoms with van der Waals surface area (Å²) in [6.45, 7) is 0. The van der Waals surface area contributed by atoms with Crippen LogP contribution in [0.5, 0.6) is 0 Å². The van der Waals surface area contributed by atoms with E-state index in [2.05, 4.69) is 4.98 Å². The highest BCUT2D eigenvalue weighted by Gasteiger charge is 2.37. The number of benzene rings is 3. The van der Waals surface area contributed by atoms with E-state index in [0.717, 1.165) is 12.0 Å². The molecule has 0 saturated carbocycles. The van der Waals surface area contributed by atoms with Gasteiger partial charge in [0.25, 0.3) is 0 Å². The lowest BCUT2D eigenvalue weighted by atomic mass is 9.95. The van der Waals surface area contributed by atoms with Crippen LogP contribution in [0.1, 0.15) is 45.6 Å². The van der Waals surface area contributed by atoms with Gasteiger partial charge in [0, 0.05) is 34.2 Å². The number of halogens is 3. The van der Waals surface area contributed by atoms with Crippen molar-refractivity contribution in [3.8, 4) is 0 Å². The molecule has 1 heterocycles. The minimum absolute atomic E-state index is 0.115. The molecule has 0 amide bonds. The molecular formula is C28H22ClF2NO3. The average molecular weight is 494 g/mol. The molecule has 0 spiro atoms. The summed E-state index contributed by atoms with van der Waals surface area (Å²) in [5.41, 5.74) is 1.07. The number of Topliss-reactive ketones (excluding diaryl/α,β-unsaturated/α-hetero) is 1. The van der Waals surface area contributed by atoms with Crippen LogP contribution in [0.3, 0.4) is 0 Å². The Morgan fingerprint density at radius 1 is 0.914 bits per heavy atom. The fraction of sp³-hybridized carbons (Fsp3) is 0.179. The summed E-state index contributed by atoms with van der Waals surface area (Å²) in [6, 6.07) is 19.1. The predicted octanol–water partition coefficient (Wildman–Crippen LogP) is 6.86. The van der Waals surface area contributed by atoms with Gasteiger partial charge in [0.2, 0.25) is 0 Å². The van der Waals surface area contributed by atoms with Crippen LogP contribution in [0.2, 0.25) is 5.02 Å². The summed E-state index contributed by atoms with van der Waals surface area (Å²) in [6.07, 6.45) is 2.54. The quantitative estimate of drug-likeness (QED) is 0.259. The zero-order valence-corrected chi connectivity index (χ0v) is 19.4. The van der Waals surface area contributed by atoms with Crippen molar-refractivity contribution in [2.45, 2.75) is 31.6 Å². The number of aromatic nitrogens is 1. The molecule has 0 fully saturated rings. The molecule has 0 unspecified atom stereocenters. The molecule has 4 nitrogen and oxygen atoms in total. The van der Waals surface area contributed by atoms with E-state index in [9.17, 15) is 9.59 Å². The Morgan fingerprint density at radius 2 is 1.57 bits per heavy atom. The Hall–Kier alpha value is -3.64. The zero-order valence-electron chi connectivity index (χ0n) is 18.7. The highest BCUT2D eigenvalue weighted by molar-refractivity contribution is 6.30. The van der Waals surface area contributed by atoms with E-state index in [1.165, 1.54) is 36.5 Å². The number of carboxylic acid groups (broad SMARTS) is 1. The van der Waals surface area contributed by atoms with Crippen LogP contribution in [0.15, 0.2) is 79.0 Å². The number of aliphatic carboxylic acids is 1. The third-order valence-electron chi connectivity index (χ3n) is 5.87. The second kappa shape index (κ2) is 10.3. The number of carbonyl (C=O) groups is 2. The standard InChI is InChI=1S/C28H22ClF2NO3/c29-22-14-8-18(9-15-22)4-3-7-25(33)19-10-12-21(13-11-19)28(30,31)27-24-6-2-1-5-23(24)20(17-32-27)16-26(34)35/h1-2,5-6,8-15,17H,3-4,7,16H2,(H,34,35). The van der Waals surface area contributed by atoms with Crippen LogP contribution >= 0.6 is 11.6 Å². The van der Waals surface area contributed by atoms with Crippen molar-refractivity contribution >= 4 is 34.1 Å². The van der Waals surface area contributed by atoms with Gasteiger partial charge in [-0.1, -0.05) is 72.3 Å². The molecule has 7 heteroatoms. The van der Waals surface area contributed by atoms with Crippen LogP contribution in [-0.4, -0.2) is 21.8 Å². The van der Waals surface area contributed by atoms with Crippen LogP contribution < -0.4 is 0 Å². The molecule has 0 saturated heterocycles. The Balaban J connectivity index is 1.51. The maximum atomic E-state index is 15.5. The second-order valence-corrected chi connectivity index (χ2v) is 8.74. The summed E-state index contributed by atoms with van der Waals surface area (Å²) in [5.74, 6) is -4.61. The van der Waals surface area contributed by atoms with Crippen LogP contribution in [0.4, 0.5) is 8.78 Å². The molecule has 4 rings (SSSR count). The van der Waals surface area contributed by atoms with Crippen LogP contribution in [0, 0.1) is 0 Å². The monoisotopic (exact) mass is 493 g/mol. The topological polar surface area (TPSA) is 67.3 Å². The molecule has 0 bridgehead atoms. The van der Waals surface area contributed by atoms with E-state index >= 15 is 8.78 Å². The first-order valence-corrected chi connectivity index (χ1v) is 11.5. The summed E-state index contributed by atoms with van der Waals surface area (Å²) >= 11 is 5.88. The largest absolute Gasteiger partial charge is 0.481 e. The molecule has 0 aliphatic carbocycles. The van der Waals surface area contributed by atoms with Crippen molar-refractivity contribution in [3.63, 3.8) is 0 Å². The minimum Gasteiger partial charge on any atom is -0.481 e. The molecule has 1 aromatic heterocycles. The highest BCUT2D eigenvalue weighted by atomic mass is 35.5. The van der Waals surface area contributed by atoms with Gasteiger partial charge in [-0.05, 0) is 41.5 Å². The average Bonchev–Trinajstić information content (AvgIpc) is 2.85. The van der Waals surface area contributed by atoms with E-state index in [-0.39, 0.29) is 23.2 Å². The smallest absolute Gasteiger partial charge is 0.315 e. The van der Waals surface area contributed by atoms with Crippen molar-refractivity contribution in [2.24, 2.45) is 0 Å². The summed E-state index contributed by atoms with van der Waals surface area (Å²) in [5, 5.41) is 10.4. The van der Waals surface area contributed by atoms with Crippen molar-refractivity contribution in [3.05, 3.63) is 112 Å². The van der Waals surface area contributed by atoms with Gasteiger partial charge >= 0.3 is 11.9 Å². The van der Waals surface area contributed by atoms with Gasteiger partial charge in [-0.2, -0.15) is 8.78 Å². The molecular weight excluding hydrogens is 472 g/mol. The molecule has 1 N–H and O–H groups in total. The van der Waals surface area contributed by atoms with Gasteiger partial charge in [0.1, 0.15) is 5.69 Å². The van der Waals surface area contributed by atoms with Gasteiger partial charge in [-0.25, -0.2) is 0 Å². The number of hydrogen-bond donors (Lipinski definition) is 1. The predicted molar refractivity (Wildman–Crippen MR) is 131 cm³/mol. The third kappa shape index (κ3) is 5.54. The number of fused-ring (bicyclic) bond motifs is 1. The first kappa shape index (κ1) is 24.5. The number of carbonyl (C=O) groups excluding carboxylic acids is 1. The third-order valence-corrected chi connectivity index (χ3v) is 6.12. The number of rotatable bonds is 9. The SMILES string of the molecule is O=C(O)Cc1cnc(C(F)(F)c2ccc(C(=O)CCCc3ccc(Cl)cc3)cc2)c2ccccc12. The number of alkyl halides is 2. The lowest BCUT2D eigenvalue weighted by Gasteiger charge is -2.19. The number of hydrogen-bond acceptors (Lipinski definition) is 3. The van der Waals surface area contributed by atoms with Crippen molar-refractivity contribution in [2.75, 3.05) is 0 Å². The molecule has 35 heavy (non-hydrogen) atoms. The summed E-state index contributed by atoms with van der Waals surface area (Å²) in [7, 11) is 0. The molecule has 0 aliphatic heterocycles. The maximum Gasteiger partial charge on any atom is 0.315 e. The number of aryl methyl sites for hydroxylation is 1. The van der Waals surface area contributed by atoms with E-state index in [0.29, 0.717) is 34.4 Å². The molecule has 0 radical (unpaired) electrons. The molecule has 178 valence electrons. The highest BCUT2D eigenvalue weighted by Crippen LogP contribution is 2.39. The van der Waals surface area contributed by atoms with Gasteiger partial charge in [-0.3, -0.25) is 14.6 Å². The molecule has 3 aromatic carbocycles. The number of carboxylic acids is 1. The molecule has 0 atom stereocenters. The number of pyridine rings is 1. The first-order valence-electron chi connectivity index (χ1n) is 11.1. The van der Waals surface area contributed by atoms with Gasteiger partial charge in [0.05, 0.1) is 6.42 Å². The van der Waals surface area contributed by atoms with E-state index in [4.69, 9.17) is 16.7 Å². The van der Waals surface area contributed by atoms with Gasteiger partial charge < -0.3 is 5.11 Å². The number of nitrogens with zero attached hydrogens (tertiary/aromatic N) is 1. The second-order valence-electron chi connectivity index (χ2n) is 8.30. The van der Waals surface area contributed by atoms with Gasteiger partial charge in [-0.15, -0.1) is 0 Å². The van der Waals surface area contributed by atoms with Crippen LogP contribution in [-0.2, 0) is 23.6 Å². The molecule has 0 aliphatic rings. The summed E-state index contributed by atoms with van der Waals surface area (Å²) < 4.78 is 31.0. The Morgan fingerprint density at radius 3 is 2.23 bits per heavy atom. The molecule has 4 aromatic rings. The first-order chi connectivity index (χ1) is 16.8. The number of ketones is 1.